The van der Waals surface area contributed by atoms with E-state index in [1.54, 1.807) is 18.1 Å². The second-order valence-electron chi connectivity index (χ2n) is 6.26. The molecule has 6 nitrogen and oxygen atoms in total. The van der Waals surface area contributed by atoms with Crippen molar-refractivity contribution in [3.8, 4) is 5.75 Å². The van der Waals surface area contributed by atoms with Crippen LogP contribution < -0.4 is 15.0 Å². The first-order valence-electron chi connectivity index (χ1n) is 8.53. The number of aromatic nitrogens is 1. The van der Waals surface area contributed by atoms with Gasteiger partial charge in [-0.3, -0.25) is 9.59 Å². The molecule has 1 fully saturated rings. The Balaban J connectivity index is 1.62. The van der Waals surface area contributed by atoms with E-state index in [4.69, 9.17) is 4.74 Å². The Bertz CT molecular complexity index is 993. The third-order valence-electron chi connectivity index (χ3n) is 4.59. The van der Waals surface area contributed by atoms with Gasteiger partial charge in [-0.2, -0.15) is 0 Å². The van der Waals surface area contributed by atoms with Crippen LogP contribution in [0, 0.1) is 0 Å². The van der Waals surface area contributed by atoms with Gasteiger partial charge in [0.05, 0.1) is 18.5 Å². The molecule has 0 atom stereocenters. The quantitative estimate of drug-likeness (QED) is 0.756. The number of fused-ring (bicyclic) bond motifs is 1. The van der Waals surface area contributed by atoms with E-state index in [1.807, 2.05) is 42.5 Å². The number of amides is 2. The summed E-state index contributed by atoms with van der Waals surface area (Å²) in [6, 6.07) is 14.8. The first kappa shape index (κ1) is 16.2. The van der Waals surface area contributed by atoms with Crippen LogP contribution in [0.4, 0.5) is 11.4 Å². The van der Waals surface area contributed by atoms with Crippen LogP contribution in [0.2, 0.25) is 0 Å². The molecule has 26 heavy (non-hydrogen) atoms. The maximum Gasteiger partial charge on any atom is 0.272 e. The molecule has 1 aliphatic rings. The van der Waals surface area contributed by atoms with Crippen molar-refractivity contribution in [3.05, 3.63) is 54.2 Å². The standard InChI is InChI=1S/C20H19N3O3/c1-26-14-9-8-13-11-17(21-16(13)12-14)20(25)22-15-5-2-3-6-18(15)23-10-4-7-19(23)24/h2-3,5-6,8-9,11-12,21H,4,7,10H2,1H3,(H,22,25). The van der Waals surface area contributed by atoms with Crippen LogP contribution in [0.25, 0.3) is 10.9 Å². The van der Waals surface area contributed by atoms with E-state index < -0.39 is 0 Å². The van der Waals surface area contributed by atoms with Gasteiger partial charge in [0.1, 0.15) is 11.4 Å². The van der Waals surface area contributed by atoms with E-state index in [1.165, 1.54) is 0 Å². The van der Waals surface area contributed by atoms with Crippen molar-refractivity contribution in [1.82, 2.24) is 4.98 Å². The van der Waals surface area contributed by atoms with E-state index in [9.17, 15) is 9.59 Å². The van der Waals surface area contributed by atoms with E-state index in [-0.39, 0.29) is 11.8 Å². The van der Waals surface area contributed by atoms with Gasteiger partial charge in [-0.1, -0.05) is 12.1 Å². The van der Waals surface area contributed by atoms with Crippen molar-refractivity contribution in [2.45, 2.75) is 12.8 Å². The van der Waals surface area contributed by atoms with Gasteiger partial charge < -0.3 is 19.9 Å². The van der Waals surface area contributed by atoms with E-state index in [0.717, 1.165) is 28.8 Å². The number of hydrogen-bond donors (Lipinski definition) is 2. The minimum Gasteiger partial charge on any atom is -0.497 e. The average Bonchev–Trinajstić information content (AvgIpc) is 3.27. The molecule has 132 valence electrons. The van der Waals surface area contributed by atoms with Gasteiger partial charge >= 0.3 is 0 Å². The van der Waals surface area contributed by atoms with Gasteiger partial charge in [-0.25, -0.2) is 0 Å². The molecule has 2 aromatic carbocycles. The van der Waals surface area contributed by atoms with Crippen molar-refractivity contribution < 1.29 is 14.3 Å². The van der Waals surface area contributed by atoms with Gasteiger partial charge in [0.15, 0.2) is 0 Å². The molecule has 0 saturated carbocycles. The Hall–Kier alpha value is -3.28. The number of carbonyl (C=O) groups is 2. The molecule has 2 N–H and O–H groups in total. The molecule has 0 unspecified atom stereocenters. The van der Waals surface area contributed by atoms with Crippen LogP contribution in [-0.4, -0.2) is 30.5 Å². The first-order valence-corrected chi connectivity index (χ1v) is 8.53. The molecule has 0 aliphatic carbocycles. The lowest BCUT2D eigenvalue weighted by molar-refractivity contribution is -0.117. The molecule has 2 amide bonds. The summed E-state index contributed by atoms with van der Waals surface area (Å²) in [6.07, 6.45) is 1.39. The number of benzene rings is 2. The lowest BCUT2D eigenvalue weighted by Gasteiger charge is -2.19. The highest BCUT2D eigenvalue weighted by molar-refractivity contribution is 6.09. The molecule has 0 radical (unpaired) electrons. The second-order valence-corrected chi connectivity index (χ2v) is 6.26. The van der Waals surface area contributed by atoms with E-state index in [2.05, 4.69) is 10.3 Å². The Morgan fingerprint density at radius 1 is 1.19 bits per heavy atom. The van der Waals surface area contributed by atoms with Crippen LogP contribution in [0.15, 0.2) is 48.5 Å². The number of aromatic amines is 1. The highest BCUT2D eigenvalue weighted by Gasteiger charge is 2.24. The lowest BCUT2D eigenvalue weighted by atomic mass is 10.2. The maximum absolute atomic E-state index is 12.7. The summed E-state index contributed by atoms with van der Waals surface area (Å²) in [6.45, 7) is 0.678. The molecule has 6 heteroatoms. The number of methoxy groups -OCH3 is 1. The molecule has 1 saturated heterocycles. The fourth-order valence-corrected chi connectivity index (χ4v) is 3.26. The normalized spacial score (nSPS) is 14.0. The number of rotatable bonds is 4. The fourth-order valence-electron chi connectivity index (χ4n) is 3.26. The van der Waals surface area contributed by atoms with E-state index in [0.29, 0.717) is 24.3 Å². The van der Waals surface area contributed by atoms with Crippen molar-refractivity contribution in [1.29, 1.82) is 0 Å². The third-order valence-corrected chi connectivity index (χ3v) is 4.59. The zero-order valence-corrected chi connectivity index (χ0v) is 14.4. The molecule has 1 aliphatic heterocycles. The highest BCUT2D eigenvalue weighted by atomic mass is 16.5. The molecule has 4 rings (SSSR count). The van der Waals surface area contributed by atoms with Crippen LogP contribution in [0.1, 0.15) is 23.3 Å². The molecule has 3 aromatic rings. The van der Waals surface area contributed by atoms with Gasteiger partial charge in [-0.05, 0) is 36.8 Å². The van der Waals surface area contributed by atoms with Crippen molar-refractivity contribution in [2.24, 2.45) is 0 Å². The predicted molar refractivity (Wildman–Crippen MR) is 101 cm³/mol. The lowest BCUT2D eigenvalue weighted by Crippen LogP contribution is -2.25. The minimum atomic E-state index is -0.251. The Labute approximate surface area is 150 Å². The number of H-pyrrole nitrogens is 1. The third kappa shape index (κ3) is 2.90. The minimum absolute atomic E-state index is 0.0874. The zero-order chi connectivity index (χ0) is 18.1. The maximum atomic E-state index is 12.7. The fraction of sp³-hybridized carbons (Fsp3) is 0.200. The summed E-state index contributed by atoms with van der Waals surface area (Å²) in [5.41, 5.74) is 2.65. The summed E-state index contributed by atoms with van der Waals surface area (Å²) in [4.78, 5) is 29.6. The summed E-state index contributed by atoms with van der Waals surface area (Å²) in [5.74, 6) is 0.563. The molecule has 0 spiro atoms. The van der Waals surface area contributed by atoms with Gasteiger partial charge in [0, 0.05) is 29.9 Å². The molecule has 0 bridgehead atoms. The highest BCUT2D eigenvalue weighted by Crippen LogP contribution is 2.30. The average molecular weight is 349 g/mol. The Morgan fingerprint density at radius 2 is 2.04 bits per heavy atom. The molecular formula is C20H19N3O3. The summed E-state index contributed by atoms with van der Waals surface area (Å²) >= 11 is 0. The number of hydrogen-bond acceptors (Lipinski definition) is 3. The van der Waals surface area contributed by atoms with Crippen molar-refractivity contribution in [2.75, 3.05) is 23.9 Å². The van der Waals surface area contributed by atoms with Crippen LogP contribution in [0.5, 0.6) is 5.75 Å². The predicted octanol–water partition coefficient (Wildman–Crippen LogP) is 3.56. The largest absolute Gasteiger partial charge is 0.497 e. The van der Waals surface area contributed by atoms with Crippen LogP contribution in [-0.2, 0) is 4.79 Å². The molecule has 2 heterocycles. The number of nitrogens with zero attached hydrogens (tertiary/aromatic N) is 1. The number of anilines is 2. The van der Waals surface area contributed by atoms with Gasteiger partial charge in [0.2, 0.25) is 5.91 Å². The Morgan fingerprint density at radius 3 is 2.81 bits per heavy atom. The SMILES string of the molecule is COc1ccc2cc(C(=O)Nc3ccccc3N3CCCC3=O)[nH]c2c1. The second kappa shape index (κ2) is 6.55. The smallest absolute Gasteiger partial charge is 0.272 e. The topological polar surface area (TPSA) is 74.4 Å². The van der Waals surface area contributed by atoms with Gasteiger partial charge in [0.25, 0.3) is 5.91 Å². The number of ether oxygens (including phenoxy) is 1. The van der Waals surface area contributed by atoms with Crippen LogP contribution in [0.3, 0.4) is 0 Å². The summed E-state index contributed by atoms with van der Waals surface area (Å²) in [7, 11) is 1.61. The molecule has 1 aromatic heterocycles. The monoisotopic (exact) mass is 349 g/mol. The first-order chi connectivity index (χ1) is 12.7. The summed E-state index contributed by atoms with van der Waals surface area (Å²) < 4.78 is 5.21. The van der Waals surface area contributed by atoms with Crippen molar-refractivity contribution in [3.63, 3.8) is 0 Å². The summed E-state index contributed by atoms with van der Waals surface area (Å²) in [5, 5.41) is 3.85. The Kier molecular flexibility index (Phi) is 4.08. The number of carbonyl (C=O) groups excluding carboxylic acids is 2. The number of nitrogens with one attached hydrogen (secondary N) is 2. The number of para-hydroxylation sites is 2. The van der Waals surface area contributed by atoms with Gasteiger partial charge in [-0.15, -0.1) is 0 Å². The molecular weight excluding hydrogens is 330 g/mol. The van der Waals surface area contributed by atoms with Crippen LogP contribution >= 0.6 is 0 Å². The van der Waals surface area contributed by atoms with E-state index >= 15 is 0 Å². The van der Waals surface area contributed by atoms with Crippen molar-refractivity contribution >= 4 is 34.1 Å². The zero-order valence-electron chi connectivity index (χ0n) is 14.4.